The number of nitrogens with one attached hydrogen (secondary N) is 4. The first-order chi connectivity index (χ1) is 15.1. The molecule has 162 valence electrons. The number of urea groups is 1. The number of rotatable bonds is 4. The van der Waals surface area contributed by atoms with Gasteiger partial charge in [0, 0.05) is 41.0 Å². The lowest BCUT2D eigenvalue weighted by Gasteiger charge is -2.15. The Morgan fingerprint density at radius 2 is 2.10 bits per heavy atom. The number of thiophene rings is 1. The molecule has 0 unspecified atom stereocenters. The number of aromatic amines is 1. The van der Waals surface area contributed by atoms with Gasteiger partial charge in [0.15, 0.2) is 0 Å². The summed E-state index contributed by atoms with van der Waals surface area (Å²) in [6, 6.07) is 1.26. The average molecular weight is 440 g/mol. The number of carbonyl (C=O) groups excluding carboxylic acids is 1. The molecule has 8 heteroatoms. The average Bonchev–Trinajstić information content (AvgIpc) is 3.30. The van der Waals surface area contributed by atoms with Crippen LogP contribution < -0.4 is 16.0 Å². The Bertz CT molecular complexity index is 1140. The summed E-state index contributed by atoms with van der Waals surface area (Å²) >= 11 is 1.70. The van der Waals surface area contributed by atoms with Gasteiger partial charge in [0.1, 0.15) is 5.82 Å². The highest BCUT2D eigenvalue weighted by atomic mass is 32.1. The summed E-state index contributed by atoms with van der Waals surface area (Å²) in [4.78, 5) is 21.6. The molecule has 3 aromatic rings. The third kappa shape index (κ3) is 3.97. The number of hydrogen-bond acceptors (Lipinski definition) is 4. The van der Waals surface area contributed by atoms with Crippen molar-refractivity contribution in [1.29, 1.82) is 0 Å². The molecule has 0 spiro atoms. The second-order valence-corrected chi connectivity index (χ2v) is 9.33. The summed E-state index contributed by atoms with van der Waals surface area (Å²) in [5, 5.41) is 10.4. The molecule has 0 aromatic carbocycles. The molecule has 0 bridgehead atoms. The van der Waals surface area contributed by atoms with Crippen LogP contribution in [-0.2, 0) is 32.4 Å². The van der Waals surface area contributed by atoms with Crippen LogP contribution in [0.2, 0.25) is 0 Å². The number of carbonyl (C=O) groups is 1. The molecule has 4 heterocycles. The van der Waals surface area contributed by atoms with Crippen molar-refractivity contribution in [2.45, 2.75) is 52.1 Å². The third-order valence-corrected chi connectivity index (χ3v) is 7.55. The summed E-state index contributed by atoms with van der Waals surface area (Å²) < 4.78 is 13.8. The summed E-state index contributed by atoms with van der Waals surface area (Å²) in [5.74, 6) is -0.378. The number of anilines is 1. The van der Waals surface area contributed by atoms with Crippen molar-refractivity contribution in [2.75, 3.05) is 11.9 Å². The van der Waals surface area contributed by atoms with Crippen LogP contribution in [0.25, 0.3) is 11.3 Å². The van der Waals surface area contributed by atoms with Gasteiger partial charge in [-0.05, 0) is 68.3 Å². The maximum Gasteiger partial charge on any atom is 0.320 e. The van der Waals surface area contributed by atoms with Crippen LogP contribution in [0, 0.1) is 12.7 Å². The highest BCUT2D eigenvalue weighted by molar-refractivity contribution is 7.16. The molecular weight excluding hydrogens is 413 g/mol. The Labute approximate surface area is 184 Å². The van der Waals surface area contributed by atoms with Crippen LogP contribution in [0.1, 0.15) is 45.7 Å². The monoisotopic (exact) mass is 439 g/mol. The van der Waals surface area contributed by atoms with E-state index in [4.69, 9.17) is 0 Å². The first-order valence-electron chi connectivity index (χ1n) is 10.8. The van der Waals surface area contributed by atoms with Gasteiger partial charge in [-0.3, -0.25) is 10.3 Å². The van der Waals surface area contributed by atoms with Gasteiger partial charge in [-0.15, -0.1) is 11.3 Å². The zero-order valence-corrected chi connectivity index (χ0v) is 18.3. The van der Waals surface area contributed by atoms with Gasteiger partial charge in [-0.2, -0.15) is 0 Å². The van der Waals surface area contributed by atoms with Gasteiger partial charge >= 0.3 is 6.03 Å². The van der Waals surface area contributed by atoms with Gasteiger partial charge in [0.05, 0.1) is 16.9 Å². The van der Waals surface area contributed by atoms with E-state index in [0.29, 0.717) is 12.1 Å². The highest BCUT2D eigenvalue weighted by Gasteiger charge is 2.23. The van der Waals surface area contributed by atoms with E-state index in [9.17, 15) is 9.18 Å². The number of pyridine rings is 1. The molecule has 3 aromatic heterocycles. The topological polar surface area (TPSA) is 81.8 Å². The van der Waals surface area contributed by atoms with Crippen LogP contribution in [0.3, 0.4) is 0 Å². The summed E-state index contributed by atoms with van der Waals surface area (Å²) in [5.41, 5.74) is 7.41. The minimum absolute atomic E-state index is 0.214. The molecule has 2 aliphatic rings. The molecule has 31 heavy (non-hydrogen) atoms. The smallest absolute Gasteiger partial charge is 0.320 e. The highest BCUT2D eigenvalue weighted by Crippen LogP contribution is 2.37. The van der Waals surface area contributed by atoms with Crippen LogP contribution in [-0.4, -0.2) is 22.5 Å². The quantitative estimate of drug-likeness (QED) is 0.485. The van der Waals surface area contributed by atoms with E-state index in [-0.39, 0.29) is 11.8 Å². The lowest BCUT2D eigenvalue weighted by Crippen LogP contribution is -2.29. The van der Waals surface area contributed by atoms with Crippen molar-refractivity contribution in [1.82, 2.24) is 20.6 Å². The first-order valence-corrected chi connectivity index (χ1v) is 11.6. The Kier molecular flexibility index (Phi) is 5.50. The van der Waals surface area contributed by atoms with Gasteiger partial charge in [-0.1, -0.05) is 0 Å². The van der Waals surface area contributed by atoms with Crippen LogP contribution in [0.5, 0.6) is 0 Å². The molecular formula is C23H26FN5OS. The lowest BCUT2D eigenvalue weighted by atomic mass is 9.96. The zero-order chi connectivity index (χ0) is 21.4. The number of hydrogen-bond donors (Lipinski definition) is 4. The van der Waals surface area contributed by atoms with Crippen molar-refractivity contribution in [3.05, 3.63) is 57.1 Å². The summed E-state index contributed by atoms with van der Waals surface area (Å²) in [6.07, 6.45) is 8.38. The lowest BCUT2D eigenvalue weighted by molar-refractivity contribution is 0.252. The first kappa shape index (κ1) is 20.2. The van der Waals surface area contributed by atoms with Crippen LogP contribution in [0.4, 0.5) is 14.2 Å². The van der Waals surface area contributed by atoms with Gasteiger partial charge < -0.3 is 15.6 Å². The van der Waals surface area contributed by atoms with Gasteiger partial charge in [0.2, 0.25) is 0 Å². The molecule has 0 fully saturated rings. The fourth-order valence-corrected chi connectivity index (χ4v) is 5.95. The van der Waals surface area contributed by atoms with Crippen LogP contribution >= 0.6 is 11.3 Å². The SMILES string of the molecule is Cc1c(NC(=O)NCc2c(-c3cncc(F)c3)[nH]c3c2CCNC3)sc2c1CCCC2. The van der Waals surface area contributed by atoms with E-state index in [1.54, 1.807) is 17.5 Å². The molecule has 0 atom stereocenters. The number of halogens is 1. The van der Waals surface area contributed by atoms with Crippen molar-refractivity contribution in [3.8, 4) is 11.3 Å². The molecule has 2 amide bonds. The number of aromatic nitrogens is 2. The molecule has 6 nitrogen and oxygen atoms in total. The minimum Gasteiger partial charge on any atom is -0.357 e. The van der Waals surface area contributed by atoms with Gasteiger partial charge in [0.25, 0.3) is 0 Å². The minimum atomic E-state index is -0.378. The maximum atomic E-state index is 13.8. The van der Waals surface area contributed by atoms with Gasteiger partial charge in [-0.25, -0.2) is 9.18 Å². The fourth-order valence-electron chi connectivity index (χ4n) is 4.66. The zero-order valence-electron chi connectivity index (χ0n) is 17.5. The number of amides is 2. The predicted octanol–water partition coefficient (Wildman–Crippen LogP) is 4.43. The van der Waals surface area contributed by atoms with Crippen molar-refractivity contribution < 1.29 is 9.18 Å². The summed E-state index contributed by atoms with van der Waals surface area (Å²) in [6.45, 7) is 4.08. The largest absolute Gasteiger partial charge is 0.357 e. The second kappa shape index (κ2) is 8.43. The van der Waals surface area contributed by atoms with Crippen LogP contribution in [0.15, 0.2) is 18.5 Å². The Morgan fingerprint density at radius 1 is 1.23 bits per heavy atom. The molecule has 0 saturated heterocycles. The Morgan fingerprint density at radius 3 is 2.94 bits per heavy atom. The van der Waals surface area contributed by atoms with E-state index in [0.717, 1.165) is 54.3 Å². The second-order valence-electron chi connectivity index (χ2n) is 8.23. The molecule has 0 radical (unpaired) electrons. The van der Waals surface area contributed by atoms with E-state index in [1.807, 2.05) is 0 Å². The number of fused-ring (bicyclic) bond motifs is 2. The predicted molar refractivity (Wildman–Crippen MR) is 121 cm³/mol. The number of nitrogens with zero attached hydrogens (tertiary/aromatic N) is 1. The van der Waals surface area contributed by atoms with E-state index >= 15 is 0 Å². The Hall–Kier alpha value is -2.71. The maximum absolute atomic E-state index is 13.8. The van der Waals surface area contributed by atoms with Crippen molar-refractivity contribution >= 4 is 22.4 Å². The van der Waals surface area contributed by atoms with E-state index in [1.165, 1.54) is 46.7 Å². The Balaban J connectivity index is 1.36. The molecule has 4 N–H and O–H groups in total. The summed E-state index contributed by atoms with van der Waals surface area (Å²) in [7, 11) is 0. The molecule has 5 rings (SSSR count). The molecule has 1 aliphatic heterocycles. The van der Waals surface area contributed by atoms with Crippen molar-refractivity contribution in [2.24, 2.45) is 0 Å². The molecule has 1 aliphatic carbocycles. The normalized spacial score (nSPS) is 15.3. The van der Waals surface area contributed by atoms with Crippen molar-refractivity contribution in [3.63, 3.8) is 0 Å². The number of aryl methyl sites for hydroxylation is 1. The van der Waals surface area contributed by atoms with E-state index in [2.05, 4.69) is 32.8 Å². The number of H-pyrrole nitrogens is 1. The van der Waals surface area contributed by atoms with E-state index < -0.39 is 0 Å². The fraction of sp³-hybridized carbons (Fsp3) is 0.391. The third-order valence-electron chi connectivity index (χ3n) is 6.24. The standard InChI is InChI=1S/C23H26FN5OS/c1-13-16-4-2-3-5-20(16)31-22(13)29-23(30)27-11-18-17-6-7-25-12-19(17)28-21(18)14-8-15(24)10-26-9-14/h8-10,25,28H,2-7,11-12H2,1H3,(H2,27,29,30). The molecule has 0 saturated carbocycles.